The quantitative estimate of drug-likeness (QED) is 0.574. The van der Waals surface area contributed by atoms with Gasteiger partial charge in [0, 0.05) is 24.5 Å². The Balaban J connectivity index is 5.25. The van der Waals surface area contributed by atoms with E-state index in [1.807, 2.05) is 13.8 Å². The summed E-state index contributed by atoms with van der Waals surface area (Å²) >= 11 is 0. The topological polar surface area (TPSA) is 30.9 Å². The highest BCUT2D eigenvalue weighted by molar-refractivity contribution is 6.63. The highest BCUT2D eigenvalue weighted by atomic mass is 28.4. The lowest BCUT2D eigenvalue weighted by molar-refractivity contribution is 0.0328. The van der Waals surface area contributed by atoms with E-state index in [1.165, 1.54) is 0 Å². The van der Waals surface area contributed by atoms with Crippen LogP contribution >= 0.6 is 0 Å². The van der Waals surface area contributed by atoms with E-state index < -0.39 is 17.6 Å². The molecule has 4 nitrogen and oxygen atoms in total. The average molecular weight is 336 g/mol. The van der Waals surface area contributed by atoms with Gasteiger partial charge in [-0.3, -0.25) is 4.90 Å². The monoisotopic (exact) mass is 335 g/mol. The zero-order chi connectivity index (χ0) is 16.7. The molecule has 0 spiro atoms. The van der Waals surface area contributed by atoms with Crippen LogP contribution in [0.4, 0.5) is 0 Å². The van der Waals surface area contributed by atoms with Crippen molar-refractivity contribution in [3.63, 3.8) is 0 Å². The zero-order valence-electron chi connectivity index (χ0n) is 15.7. The summed E-state index contributed by atoms with van der Waals surface area (Å²) in [6.45, 7) is 22.0. The summed E-state index contributed by atoms with van der Waals surface area (Å²) in [5, 5.41) is 0. The molecule has 0 aliphatic rings. The maximum absolute atomic E-state index is 6.42. The zero-order valence-corrected chi connectivity index (χ0v) is 17.8. The molecule has 6 heteroatoms. The fourth-order valence-corrected chi connectivity index (χ4v) is 6.95. The minimum absolute atomic E-state index is 0.0864. The van der Waals surface area contributed by atoms with Gasteiger partial charge in [0.25, 0.3) is 0 Å². The van der Waals surface area contributed by atoms with Crippen molar-refractivity contribution in [2.75, 3.05) is 25.9 Å². The van der Waals surface area contributed by atoms with Crippen molar-refractivity contribution in [2.24, 2.45) is 0 Å². The first-order valence-corrected chi connectivity index (χ1v) is 13.2. The molecular weight excluding hydrogens is 298 g/mol. The average Bonchev–Trinajstić information content (AvgIpc) is 2.35. The van der Waals surface area contributed by atoms with E-state index in [0.717, 1.165) is 12.7 Å². The van der Waals surface area contributed by atoms with Crippen LogP contribution in [0.25, 0.3) is 0 Å². The van der Waals surface area contributed by atoms with Gasteiger partial charge in [-0.25, -0.2) is 0 Å². The van der Waals surface area contributed by atoms with E-state index in [1.54, 1.807) is 0 Å². The Kier molecular flexibility index (Phi) is 9.54. The molecule has 1 atom stereocenters. The van der Waals surface area contributed by atoms with Gasteiger partial charge in [-0.2, -0.15) is 0 Å². The molecule has 1 unspecified atom stereocenters. The summed E-state index contributed by atoms with van der Waals surface area (Å²) < 4.78 is 18.6. The van der Waals surface area contributed by atoms with Crippen LogP contribution in [-0.2, 0) is 13.3 Å². The van der Waals surface area contributed by atoms with Gasteiger partial charge in [0.15, 0.2) is 0 Å². The van der Waals surface area contributed by atoms with E-state index in [9.17, 15) is 0 Å². The summed E-state index contributed by atoms with van der Waals surface area (Å²) in [7, 11) is -3.53. The van der Waals surface area contributed by atoms with Crippen LogP contribution in [0.2, 0.25) is 13.1 Å². The SMILES string of the molecule is CCO[Si](CN(CC)C(C)(C)C)(OCC)OC(C)[SiH](C)C. The largest absolute Gasteiger partial charge is 0.515 e. The van der Waals surface area contributed by atoms with Crippen molar-refractivity contribution in [3.8, 4) is 0 Å². The van der Waals surface area contributed by atoms with Gasteiger partial charge in [0.05, 0.1) is 15.0 Å². The normalized spacial score (nSPS) is 15.0. The lowest BCUT2D eigenvalue weighted by Gasteiger charge is -2.41. The molecule has 0 saturated heterocycles. The van der Waals surface area contributed by atoms with Crippen LogP contribution in [0.1, 0.15) is 48.5 Å². The van der Waals surface area contributed by atoms with Gasteiger partial charge in [0.1, 0.15) is 0 Å². The first-order chi connectivity index (χ1) is 9.61. The van der Waals surface area contributed by atoms with Crippen molar-refractivity contribution in [1.82, 2.24) is 4.90 Å². The van der Waals surface area contributed by atoms with E-state index in [2.05, 4.69) is 52.6 Å². The molecular formula is C15H37NO3Si2. The van der Waals surface area contributed by atoms with Gasteiger partial charge in [-0.1, -0.05) is 20.0 Å². The molecule has 128 valence electrons. The van der Waals surface area contributed by atoms with Crippen LogP contribution in [0.15, 0.2) is 0 Å². The molecule has 0 heterocycles. The van der Waals surface area contributed by atoms with Crippen molar-refractivity contribution in [3.05, 3.63) is 0 Å². The molecule has 0 aromatic rings. The van der Waals surface area contributed by atoms with Crippen molar-refractivity contribution >= 4 is 17.6 Å². The van der Waals surface area contributed by atoms with Gasteiger partial charge in [-0.05, 0) is 48.1 Å². The van der Waals surface area contributed by atoms with Crippen LogP contribution < -0.4 is 0 Å². The summed E-state index contributed by atoms with van der Waals surface area (Å²) in [4.78, 5) is 2.40. The highest BCUT2D eigenvalue weighted by Gasteiger charge is 2.46. The van der Waals surface area contributed by atoms with Crippen molar-refractivity contribution in [2.45, 2.75) is 72.8 Å². The molecule has 0 aromatic heterocycles. The van der Waals surface area contributed by atoms with Crippen LogP contribution in [0, 0.1) is 0 Å². The Morgan fingerprint density at radius 1 is 1.05 bits per heavy atom. The Labute approximate surface area is 135 Å². The molecule has 0 saturated carbocycles. The smallest absolute Gasteiger partial charge is 0.374 e. The van der Waals surface area contributed by atoms with Gasteiger partial charge >= 0.3 is 8.80 Å². The van der Waals surface area contributed by atoms with E-state index >= 15 is 0 Å². The molecule has 21 heavy (non-hydrogen) atoms. The van der Waals surface area contributed by atoms with Crippen molar-refractivity contribution < 1.29 is 13.3 Å². The first kappa shape index (κ1) is 21.3. The molecule has 0 fully saturated rings. The number of hydrogen-bond acceptors (Lipinski definition) is 4. The summed E-state index contributed by atoms with van der Waals surface area (Å²) in [6.07, 6.45) is 0.764. The van der Waals surface area contributed by atoms with E-state index in [0.29, 0.717) is 13.2 Å². The van der Waals surface area contributed by atoms with Gasteiger partial charge < -0.3 is 13.3 Å². The predicted octanol–water partition coefficient (Wildman–Crippen LogP) is 3.09. The van der Waals surface area contributed by atoms with Gasteiger partial charge in [0.2, 0.25) is 0 Å². The van der Waals surface area contributed by atoms with E-state index in [-0.39, 0.29) is 11.3 Å². The minimum Gasteiger partial charge on any atom is -0.374 e. The third kappa shape index (κ3) is 7.39. The lowest BCUT2D eigenvalue weighted by Crippen LogP contribution is -2.60. The molecule has 0 rings (SSSR count). The first-order valence-electron chi connectivity index (χ1n) is 8.32. The highest BCUT2D eigenvalue weighted by Crippen LogP contribution is 2.21. The standard InChI is InChI=1S/C15H37NO3Si2/c1-10-16(15(5,6)7)13-21(17-11-2,18-12-3)19-14(4)20(8)9/h14,20H,10-13H2,1-9H3. The Bertz CT molecular complexity index is 277. The second kappa shape index (κ2) is 9.42. The maximum atomic E-state index is 6.42. The fraction of sp³-hybridized carbons (Fsp3) is 1.00. The lowest BCUT2D eigenvalue weighted by atomic mass is 10.1. The molecule has 0 N–H and O–H groups in total. The maximum Gasteiger partial charge on any atom is 0.515 e. The summed E-state index contributed by atoms with van der Waals surface area (Å²) in [6, 6.07) is 0. The van der Waals surface area contributed by atoms with Crippen LogP contribution in [0.5, 0.6) is 0 Å². The Morgan fingerprint density at radius 3 is 1.81 bits per heavy atom. The van der Waals surface area contributed by atoms with Crippen LogP contribution in [-0.4, -0.2) is 59.7 Å². The number of rotatable bonds is 10. The van der Waals surface area contributed by atoms with E-state index in [4.69, 9.17) is 13.3 Å². The number of hydrogen-bond donors (Lipinski definition) is 0. The molecule has 0 aliphatic heterocycles. The Hall–Kier alpha value is 0.274. The second-order valence-electron chi connectivity index (χ2n) is 6.80. The van der Waals surface area contributed by atoms with Crippen LogP contribution in [0.3, 0.4) is 0 Å². The number of nitrogens with zero attached hydrogens (tertiary/aromatic N) is 1. The molecule has 0 radical (unpaired) electrons. The molecule has 0 amide bonds. The predicted molar refractivity (Wildman–Crippen MR) is 95.4 cm³/mol. The Morgan fingerprint density at radius 2 is 1.52 bits per heavy atom. The van der Waals surface area contributed by atoms with Crippen molar-refractivity contribution in [1.29, 1.82) is 0 Å². The minimum atomic E-state index is -2.65. The summed E-state index contributed by atoms with van der Waals surface area (Å²) in [5.41, 5.74) is 0.358. The second-order valence-corrected chi connectivity index (χ2v) is 12.7. The fourth-order valence-electron chi connectivity index (χ4n) is 2.15. The van der Waals surface area contributed by atoms with Gasteiger partial charge in [-0.15, -0.1) is 0 Å². The molecule has 0 bridgehead atoms. The third-order valence-corrected chi connectivity index (χ3v) is 8.99. The molecule has 0 aliphatic carbocycles. The molecule has 0 aromatic carbocycles. The third-order valence-electron chi connectivity index (χ3n) is 3.75. The summed E-state index contributed by atoms with van der Waals surface area (Å²) in [5.74, 6) is 0.